The molecule has 0 bridgehead atoms. The molecular formula is C14H17BrN2O3. The predicted octanol–water partition coefficient (Wildman–Crippen LogP) is 2.09. The van der Waals surface area contributed by atoms with Gasteiger partial charge in [-0.3, -0.25) is 14.5 Å². The zero-order valence-electron chi connectivity index (χ0n) is 11.5. The van der Waals surface area contributed by atoms with E-state index in [2.05, 4.69) is 21.2 Å². The maximum Gasteiger partial charge on any atom is 0.265 e. The van der Waals surface area contributed by atoms with Gasteiger partial charge in [-0.15, -0.1) is 0 Å². The molecule has 0 aliphatic carbocycles. The third-order valence-corrected chi connectivity index (χ3v) is 3.68. The van der Waals surface area contributed by atoms with Crippen LogP contribution in [0.15, 0.2) is 22.7 Å². The lowest BCUT2D eigenvalue weighted by molar-refractivity contribution is -0.125. The molecule has 1 atom stereocenters. The first kappa shape index (κ1) is 14.8. The fourth-order valence-electron chi connectivity index (χ4n) is 1.92. The molecule has 2 amide bonds. The molecule has 0 saturated heterocycles. The Kier molecular flexibility index (Phi) is 4.65. The summed E-state index contributed by atoms with van der Waals surface area (Å²) in [5.74, 6) is 0.234. The maximum absolute atomic E-state index is 11.9. The van der Waals surface area contributed by atoms with E-state index in [0.717, 1.165) is 10.9 Å². The largest absolute Gasteiger partial charge is 0.482 e. The van der Waals surface area contributed by atoms with Gasteiger partial charge >= 0.3 is 0 Å². The lowest BCUT2D eigenvalue weighted by Crippen LogP contribution is -2.46. The maximum atomic E-state index is 11.9. The van der Waals surface area contributed by atoms with Crippen molar-refractivity contribution in [2.45, 2.75) is 26.3 Å². The van der Waals surface area contributed by atoms with Gasteiger partial charge in [0.2, 0.25) is 5.91 Å². The molecule has 0 fully saturated rings. The van der Waals surface area contributed by atoms with Gasteiger partial charge in [0.1, 0.15) is 12.3 Å². The number of hydrogen-bond donors (Lipinski definition) is 1. The topological polar surface area (TPSA) is 58.6 Å². The fourth-order valence-corrected chi connectivity index (χ4v) is 2.26. The van der Waals surface area contributed by atoms with Gasteiger partial charge in [0.25, 0.3) is 5.91 Å². The van der Waals surface area contributed by atoms with Gasteiger partial charge in [-0.05, 0) is 31.5 Å². The number of benzene rings is 1. The normalized spacial score (nSPS) is 15.3. The number of rotatable bonds is 4. The van der Waals surface area contributed by atoms with Crippen molar-refractivity contribution in [1.29, 1.82) is 0 Å². The van der Waals surface area contributed by atoms with Gasteiger partial charge in [0.15, 0.2) is 6.61 Å². The van der Waals surface area contributed by atoms with Crippen molar-refractivity contribution < 1.29 is 14.3 Å². The molecule has 1 aliphatic rings. The number of carbonyl (C=O) groups is 2. The van der Waals surface area contributed by atoms with Crippen LogP contribution in [0.4, 0.5) is 5.69 Å². The van der Waals surface area contributed by atoms with Crippen molar-refractivity contribution in [2.24, 2.45) is 0 Å². The van der Waals surface area contributed by atoms with E-state index in [1.807, 2.05) is 19.9 Å². The van der Waals surface area contributed by atoms with Crippen LogP contribution in [-0.2, 0) is 9.59 Å². The Morgan fingerprint density at radius 3 is 3.00 bits per heavy atom. The van der Waals surface area contributed by atoms with Crippen LogP contribution in [0.2, 0.25) is 0 Å². The van der Waals surface area contributed by atoms with Crippen LogP contribution in [0.1, 0.15) is 20.3 Å². The van der Waals surface area contributed by atoms with Gasteiger partial charge < -0.3 is 10.1 Å². The van der Waals surface area contributed by atoms with E-state index in [-0.39, 0.29) is 31.0 Å². The summed E-state index contributed by atoms with van der Waals surface area (Å²) < 4.78 is 6.25. The molecule has 0 aromatic heterocycles. The molecule has 1 aliphatic heterocycles. The highest BCUT2D eigenvalue weighted by molar-refractivity contribution is 9.10. The second-order valence-electron chi connectivity index (χ2n) is 4.76. The van der Waals surface area contributed by atoms with Crippen LogP contribution < -0.4 is 15.0 Å². The van der Waals surface area contributed by atoms with E-state index in [0.29, 0.717) is 11.4 Å². The average Bonchev–Trinajstić information content (AvgIpc) is 2.41. The molecule has 6 heteroatoms. The van der Waals surface area contributed by atoms with Crippen molar-refractivity contribution in [2.75, 3.05) is 18.1 Å². The van der Waals surface area contributed by atoms with Gasteiger partial charge in [-0.2, -0.15) is 0 Å². The summed E-state index contributed by atoms with van der Waals surface area (Å²) in [4.78, 5) is 25.4. The molecule has 0 radical (unpaired) electrons. The highest BCUT2D eigenvalue weighted by Gasteiger charge is 2.27. The molecule has 1 aromatic carbocycles. The summed E-state index contributed by atoms with van der Waals surface area (Å²) in [7, 11) is 0. The van der Waals surface area contributed by atoms with E-state index in [1.165, 1.54) is 4.90 Å². The first-order chi connectivity index (χ1) is 9.51. The van der Waals surface area contributed by atoms with Gasteiger partial charge in [-0.25, -0.2) is 0 Å². The minimum Gasteiger partial charge on any atom is -0.482 e. The number of ether oxygens (including phenoxy) is 1. The van der Waals surface area contributed by atoms with Crippen molar-refractivity contribution in [1.82, 2.24) is 5.32 Å². The number of carbonyl (C=O) groups excluding carboxylic acids is 2. The van der Waals surface area contributed by atoms with Crippen LogP contribution in [0.3, 0.4) is 0 Å². The third kappa shape index (κ3) is 3.30. The molecule has 1 heterocycles. The lowest BCUT2D eigenvalue weighted by atomic mass is 10.2. The Hall–Kier alpha value is -1.56. The Balaban J connectivity index is 2.15. The molecule has 2 rings (SSSR count). The number of fused-ring (bicyclic) bond motifs is 1. The van der Waals surface area contributed by atoms with E-state index in [1.54, 1.807) is 12.1 Å². The summed E-state index contributed by atoms with van der Waals surface area (Å²) >= 11 is 3.36. The van der Waals surface area contributed by atoms with Gasteiger partial charge in [0.05, 0.1) is 5.69 Å². The monoisotopic (exact) mass is 340 g/mol. The number of halogens is 1. The first-order valence-corrected chi connectivity index (χ1v) is 7.32. The first-order valence-electron chi connectivity index (χ1n) is 6.53. The Morgan fingerprint density at radius 2 is 2.30 bits per heavy atom. The Morgan fingerprint density at radius 1 is 1.55 bits per heavy atom. The molecule has 0 saturated carbocycles. The Bertz CT molecular complexity index is 533. The quantitative estimate of drug-likeness (QED) is 0.912. The fraction of sp³-hybridized carbons (Fsp3) is 0.429. The predicted molar refractivity (Wildman–Crippen MR) is 79.9 cm³/mol. The highest BCUT2D eigenvalue weighted by atomic mass is 79.9. The molecular weight excluding hydrogens is 324 g/mol. The number of nitrogens with one attached hydrogen (secondary N) is 1. The SMILES string of the molecule is CCC(C)NC(=O)CN1C(=O)COc2cc(Br)ccc21. The van der Waals surface area contributed by atoms with Crippen molar-refractivity contribution in [3.63, 3.8) is 0 Å². The Labute approximate surface area is 126 Å². The van der Waals surface area contributed by atoms with Crippen LogP contribution in [0.25, 0.3) is 0 Å². The summed E-state index contributed by atoms with van der Waals surface area (Å²) in [6.07, 6.45) is 0.854. The van der Waals surface area contributed by atoms with Gasteiger partial charge in [0, 0.05) is 10.5 Å². The standard InChI is InChI=1S/C14H17BrN2O3/c1-3-9(2)16-13(18)7-17-11-5-4-10(15)6-12(11)20-8-14(17)19/h4-6,9H,3,7-8H2,1-2H3,(H,16,18). The molecule has 5 nitrogen and oxygen atoms in total. The van der Waals surface area contributed by atoms with E-state index < -0.39 is 0 Å². The molecule has 1 unspecified atom stereocenters. The van der Waals surface area contributed by atoms with E-state index in [9.17, 15) is 9.59 Å². The summed E-state index contributed by atoms with van der Waals surface area (Å²) in [6.45, 7) is 3.91. The van der Waals surface area contributed by atoms with E-state index >= 15 is 0 Å². The van der Waals surface area contributed by atoms with Crippen molar-refractivity contribution >= 4 is 33.4 Å². The zero-order chi connectivity index (χ0) is 14.7. The smallest absolute Gasteiger partial charge is 0.265 e. The second kappa shape index (κ2) is 6.26. The molecule has 108 valence electrons. The van der Waals surface area contributed by atoms with E-state index in [4.69, 9.17) is 4.74 Å². The summed E-state index contributed by atoms with van der Waals surface area (Å²) in [5, 5.41) is 2.86. The molecule has 1 N–H and O–H groups in total. The highest BCUT2D eigenvalue weighted by Crippen LogP contribution is 2.34. The third-order valence-electron chi connectivity index (χ3n) is 3.19. The van der Waals surface area contributed by atoms with Crippen LogP contribution in [0, 0.1) is 0 Å². The zero-order valence-corrected chi connectivity index (χ0v) is 13.1. The number of nitrogens with zero attached hydrogens (tertiary/aromatic N) is 1. The lowest BCUT2D eigenvalue weighted by Gasteiger charge is -2.29. The van der Waals surface area contributed by atoms with Crippen molar-refractivity contribution in [3.05, 3.63) is 22.7 Å². The average molecular weight is 341 g/mol. The number of anilines is 1. The minimum atomic E-state index is -0.209. The second-order valence-corrected chi connectivity index (χ2v) is 5.67. The number of hydrogen-bond acceptors (Lipinski definition) is 3. The number of amides is 2. The van der Waals surface area contributed by atoms with Crippen molar-refractivity contribution in [3.8, 4) is 5.75 Å². The molecule has 1 aromatic rings. The van der Waals surface area contributed by atoms with Crippen LogP contribution in [0.5, 0.6) is 5.75 Å². The summed E-state index contributed by atoms with van der Waals surface area (Å²) in [5.41, 5.74) is 0.628. The van der Waals surface area contributed by atoms with Crippen LogP contribution >= 0.6 is 15.9 Å². The summed E-state index contributed by atoms with van der Waals surface area (Å²) in [6, 6.07) is 5.48. The van der Waals surface area contributed by atoms with Crippen LogP contribution in [-0.4, -0.2) is 31.0 Å². The molecule has 0 spiro atoms. The minimum absolute atomic E-state index is 0.0150. The molecule has 20 heavy (non-hydrogen) atoms. The van der Waals surface area contributed by atoms with Gasteiger partial charge in [-0.1, -0.05) is 22.9 Å².